The van der Waals surface area contributed by atoms with E-state index in [9.17, 15) is 9.90 Å². The molecule has 1 unspecified atom stereocenters. The van der Waals surface area contributed by atoms with Gasteiger partial charge in [0.2, 0.25) is 0 Å². The first kappa shape index (κ1) is 22.2. The van der Waals surface area contributed by atoms with Gasteiger partial charge in [-0.3, -0.25) is 4.79 Å². The van der Waals surface area contributed by atoms with Crippen molar-refractivity contribution in [2.45, 2.75) is 115 Å². The Labute approximate surface area is 154 Å². The van der Waals surface area contributed by atoms with Crippen LogP contribution >= 0.6 is 0 Å². The molecule has 1 rings (SSSR count). The van der Waals surface area contributed by atoms with E-state index in [-0.39, 0.29) is 6.10 Å². The summed E-state index contributed by atoms with van der Waals surface area (Å²) < 4.78 is 0. The summed E-state index contributed by atoms with van der Waals surface area (Å²) in [6.45, 7) is 0. The van der Waals surface area contributed by atoms with E-state index in [4.69, 9.17) is 5.11 Å². The quantitative estimate of drug-likeness (QED) is 0.270. The molecule has 0 heterocycles. The fourth-order valence-electron chi connectivity index (χ4n) is 3.82. The van der Waals surface area contributed by atoms with Crippen LogP contribution in [0.4, 0.5) is 0 Å². The molecule has 146 valence electrons. The molecule has 1 saturated carbocycles. The van der Waals surface area contributed by atoms with Crippen LogP contribution in [0.5, 0.6) is 0 Å². The summed E-state index contributed by atoms with van der Waals surface area (Å²) in [5, 5.41) is 18.7. The van der Waals surface area contributed by atoms with Gasteiger partial charge in [0.1, 0.15) is 0 Å². The lowest BCUT2D eigenvalue weighted by Gasteiger charge is -2.24. The highest BCUT2D eigenvalue weighted by Crippen LogP contribution is 2.27. The standard InChI is InChI=1S/C22H40O3/c23-21(20-16-12-11-13-17-20)18-14-9-7-5-3-1-2-4-6-8-10-15-19-22(24)25/h14,18,20-21,23H,1-13,15-17,19H2,(H,24,25). The van der Waals surface area contributed by atoms with Crippen molar-refractivity contribution in [2.75, 3.05) is 0 Å². The molecule has 0 saturated heterocycles. The molecular formula is C22H40O3. The average Bonchev–Trinajstić information content (AvgIpc) is 2.62. The number of carbonyl (C=O) groups is 1. The van der Waals surface area contributed by atoms with E-state index in [1.165, 1.54) is 83.5 Å². The molecule has 3 heteroatoms. The number of allylic oxidation sites excluding steroid dienone is 1. The lowest BCUT2D eigenvalue weighted by Crippen LogP contribution is -2.20. The molecule has 25 heavy (non-hydrogen) atoms. The molecule has 1 atom stereocenters. The fraction of sp³-hybridized carbons (Fsp3) is 0.864. The van der Waals surface area contributed by atoms with Gasteiger partial charge in [-0.05, 0) is 38.0 Å². The molecule has 1 aliphatic carbocycles. The summed E-state index contributed by atoms with van der Waals surface area (Å²) in [5.74, 6) is -0.160. The normalized spacial score (nSPS) is 17.2. The Bertz CT molecular complexity index is 345. The van der Waals surface area contributed by atoms with Gasteiger partial charge in [-0.15, -0.1) is 0 Å². The van der Waals surface area contributed by atoms with Crippen molar-refractivity contribution in [1.82, 2.24) is 0 Å². The third-order valence-corrected chi connectivity index (χ3v) is 5.48. The van der Waals surface area contributed by atoms with E-state index in [1.54, 1.807) is 0 Å². The number of rotatable bonds is 15. The molecular weight excluding hydrogens is 312 g/mol. The SMILES string of the molecule is O=C(O)CCCCCCCCCCCCC=CC(O)C1CCCCC1. The topological polar surface area (TPSA) is 57.5 Å². The second-order valence-corrected chi connectivity index (χ2v) is 7.78. The lowest BCUT2D eigenvalue weighted by molar-refractivity contribution is -0.137. The molecule has 2 N–H and O–H groups in total. The molecule has 3 nitrogen and oxygen atoms in total. The van der Waals surface area contributed by atoms with Crippen molar-refractivity contribution in [1.29, 1.82) is 0 Å². The van der Waals surface area contributed by atoms with Crippen LogP contribution in [0.15, 0.2) is 12.2 Å². The van der Waals surface area contributed by atoms with Gasteiger partial charge in [0.15, 0.2) is 0 Å². The minimum Gasteiger partial charge on any atom is -0.481 e. The highest BCUT2D eigenvalue weighted by molar-refractivity contribution is 5.66. The van der Waals surface area contributed by atoms with E-state index in [0.717, 1.165) is 19.3 Å². The van der Waals surface area contributed by atoms with Gasteiger partial charge in [-0.25, -0.2) is 0 Å². The van der Waals surface area contributed by atoms with Crippen LogP contribution in [0.2, 0.25) is 0 Å². The van der Waals surface area contributed by atoms with E-state index in [0.29, 0.717) is 12.3 Å². The van der Waals surface area contributed by atoms with Gasteiger partial charge in [-0.2, -0.15) is 0 Å². The largest absolute Gasteiger partial charge is 0.481 e. The predicted octanol–water partition coefficient (Wildman–Crippen LogP) is 6.25. The molecule has 0 radical (unpaired) electrons. The number of aliphatic hydroxyl groups is 1. The van der Waals surface area contributed by atoms with Gasteiger partial charge in [0, 0.05) is 6.42 Å². The van der Waals surface area contributed by atoms with Crippen LogP contribution in [-0.4, -0.2) is 22.3 Å². The zero-order valence-electron chi connectivity index (χ0n) is 16.1. The summed E-state index contributed by atoms with van der Waals surface area (Å²) in [4.78, 5) is 10.4. The Balaban J connectivity index is 1.81. The van der Waals surface area contributed by atoms with Gasteiger partial charge in [0.05, 0.1) is 6.10 Å². The van der Waals surface area contributed by atoms with E-state index in [2.05, 4.69) is 6.08 Å². The maximum atomic E-state index is 10.4. The molecule has 0 amide bonds. The van der Waals surface area contributed by atoms with Crippen LogP contribution in [0, 0.1) is 5.92 Å². The second-order valence-electron chi connectivity index (χ2n) is 7.78. The van der Waals surface area contributed by atoms with Gasteiger partial charge >= 0.3 is 5.97 Å². The zero-order valence-corrected chi connectivity index (χ0v) is 16.1. The minimum atomic E-state index is -0.668. The number of hydrogen-bond acceptors (Lipinski definition) is 2. The van der Waals surface area contributed by atoms with E-state index >= 15 is 0 Å². The van der Waals surface area contributed by atoms with Crippen molar-refractivity contribution >= 4 is 5.97 Å². The number of aliphatic carboxylic acids is 1. The summed E-state index contributed by atoms with van der Waals surface area (Å²) in [6.07, 6.45) is 23.9. The maximum absolute atomic E-state index is 10.4. The predicted molar refractivity (Wildman–Crippen MR) is 105 cm³/mol. The monoisotopic (exact) mass is 352 g/mol. The third kappa shape index (κ3) is 13.1. The first-order valence-electron chi connectivity index (χ1n) is 10.8. The van der Waals surface area contributed by atoms with Crippen molar-refractivity contribution in [3.05, 3.63) is 12.2 Å². The maximum Gasteiger partial charge on any atom is 0.303 e. The molecule has 0 aliphatic heterocycles. The molecule has 0 aromatic carbocycles. The Morgan fingerprint density at radius 2 is 1.36 bits per heavy atom. The molecule has 0 aromatic rings. The van der Waals surface area contributed by atoms with Crippen molar-refractivity contribution in [3.8, 4) is 0 Å². The van der Waals surface area contributed by atoms with Crippen molar-refractivity contribution in [2.24, 2.45) is 5.92 Å². The first-order valence-corrected chi connectivity index (χ1v) is 10.8. The Hall–Kier alpha value is -0.830. The summed E-state index contributed by atoms with van der Waals surface area (Å²) in [5.41, 5.74) is 0. The van der Waals surface area contributed by atoms with Gasteiger partial charge in [0.25, 0.3) is 0 Å². The summed E-state index contributed by atoms with van der Waals surface area (Å²) in [6, 6.07) is 0. The van der Waals surface area contributed by atoms with Gasteiger partial charge < -0.3 is 10.2 Å². The minimum absolute atomic E-state index is 0.212. The highest BCUT2D eigenvalue weighted by Gasteiger charge is 2.19. The van der Waals surface area contributed by atoms with Gasteiger partial charge in [-0.1, -0.05) is 82.8 Å². The average molecular weight is 353 g/mol. The number of aliphatic hydroxyl groups excluding tert-OH is 1. The zero-order chi connectivity index (χ0) is 18.2. The Kier molecular flexibility index (Phi) is 13.7. The van der Waals surface area contributed by atoms with Crippen LogP contribution in [0.1, 0.15) is 109 Å². The van der Waals surface area contributed by atoms with Crippen molar-refractivity contribution in [3.63, 3.8) is 0 Å². The van der Waals surface area contributed by atoms with Crippen LogP contribution < -0.4 is 0 Å². The van der Waals surface area contributed by atoms with Crippen molar-refractivity contribution < 1.29 is 15.0 Å². The van der Waals surface area contributed by atoms with E-state index < -0.39 is 5.97 Å². The lowest BCUT2D eigenvalue weighted by atomic mass is 9.85. The molecule has 0 bridgehead atoms. The molecule has 1 aliphatic rings. The molecule has 0 aromatic heterocycles. The number of unbranched alkanes of at least 4 members (excludes halogenated alkanes) is 10. The summed E-state index contributed by atoms with van der Waals surface area (Å²) in [7, 11) is 0. The van der Waals surface area contributed by atoms with Crippen LogP contribution in [-0.2, 0) is 4.79 Å². The first-order chi connectivity index (χ1) is 12.2. The molecule has 1 fully saturated rings. The Morgan fingerprint density at radius 1 is 0.840 bits per heavy atom. The van der Waals surface area contributed by atoms with Crippen LogP contribution in [0.25, 0.3) is 0 Å². The Morgan fingerprint density at radius 3 is 1.92 bits per heavy atom. The van der Waals surface area contributed by atoms with E-state index in [1.807, 2.05) is 6.08 Å². The number of carboxylic acid groups (broad SMARTS) is 1. The smallest absolute Gasteiger partial charge is 0.303 e. The number of hydrogen-bond donors (Lipinski definition) is 2. The fourth-order valence-corrected chi connectivity index (χ4v) is 3.82. The number of carboxylic acids is 1. The third-order valence-electron chi connectivity index (χ3n) is 5.48. The highest BCUT2D eigenvalue weighted by atomic mass is 16.4. The summed E-state index contributed by atoms with van der Waals surface area (Å²) >= 11 is 0. The van der Waals surface area contributed by atoms with Crippen LogP contribution in [0.3, 0.4) is 0 Å². The second kappa shape index (κ2) is 15.4. The molecule has 0 spiro atoms.